The van der Waals surface area contributed by atoms with Gasteiger partial charge in [0.25, 0.3) is 0 Å². The lowest BCUT2D eigenvalue weighted by Gasteiger charge is -2.29. The Kier molecular flexibility index (Phi) is 6.19. The molecule has 0 spiro atoms. The zero-order chi connectivity index (χ0) is 16.0. The molecule has 6 nitrogen and oxygen atoms in total. The van der Waals surface area contributed by atoms with Crippen molar-refractivity contribution >= 4 is 10.0 Å². The Morgan fingerprint density at radius 2 is 2.00 bits per heavy atom. The molecule has 1 saturated heterocycles. The van der Waals surface area contributed by atoms with Gasteiger partial charge in [-0.1, -0.05) is 6.92 Å². The van der Waals surface area contributed by atoms with Crippen LogP contribution in [0.15, 0.2) is 29.2 Å². The summed E-state index contributed by atoms with van der Waals surface area (Å²) in [7, 11) is -1.89. The molecule has 1 fully saturated rings. The predicted molar refractivity (Wildman–Crippen MR) is 84.6 cm³/mol. The van der Waals surface area contributed by atoms with Crippen molar-refractivity contribution in [2.45, 2.75) is 24.3 Å². The number of methoxy groups -OCH3 is 1. The maximum absolute atomic E-state index is 12.4. The first-order chi connectivity index (χ1) is 10.5. The lowest BCUT2D eigenvalue weighted by atomic mass is 9.97. The van der Waals surface area contributed by atoms with Crippen LogP contribution in [0.5, 0.6) is 5.75 Å². The van der Waals surface area contributed by atoms with Gasteiger partial charge in [0.2, 0.25) is 10.0 Å². The highest BCUT2D eigenvalue weighted by molar-refractivity contribution is 7.89. The summed E-state index contributed by atoms with van der Waals surface area (Å²) in [5.74, 6) is 0.909. The number of benzene rings is 1. The molecular formula is C15H24N2O4S. The zero-order valence-electron chi connectivity index (χ0n) is 13.0. The molecule has 0 amide bonds. The summed E-state index contributed by atoms with van der Waals surface area (Å²) in [6.07, 6.45) is 0.804. The summed E-state index contributed by atoms with van der Waals surface area (Å²) in [5.41, 5.74) is 0. The Balaban J connectivity index is 1.99. The van der Waals surface area contributed by atoms with Gasteiger partial charge < -0.3 is 14.8 Å². The Bertz CT molecular complexity index is 559. The first-order valence-electron chi connectivity index (χ1n) is 7.48. The van der Waals surface area contributed by atoms with Crippen molar-refractivity contribution in [1.82, 2.24) is 10.0 Å². The van der Waals surface area contributed by atoms with E-state index in [4.69, 9.17) is 9.47 Å². The van der Waals surface area contributed by atoms with Crippen molar-refractivity contribution in [3.05, 3.63) is 24.3 Å². The van der Waals surface area contributed by atoms with Crippen LogP contribution in [0.25, 0.3) is 0 Å². The fourth-order valence-electron chi connectivity index (χ4n) is 2.41. The summed E-state index contributed by atoms with van der Waals surface area (Å²) in [6, 6.07) is 6.43. The third kappa shape index (κ3) is 4.67. The molecule has 0 aliphatic carbocycles. The lowest BCUT2D eigenvalue weighted by Crippen LogP contribution is -2.48. The number of hydrogen-bond donors (Lipinski definition) is 2. The molecule has 0 bridgehead atoms. The van der Waals surface area contributed by atoms with E-state index < -0.39 is 10.0 Å². The van der Waals surface area contributed by atoms with E-state index in [1.165, 1.54) is 0 Å². The van der Waals surface area contributed by atoms with Crippen LogP contribution in [-0.4, -0.2) is 47.9 Å². The van der Waals surface area contributed by atoms with Gasteiger partial charge in [0, 0.05) is 13.2 Å². The van der Waals surface area contributed by atoms with E-state index in [2.05, 4.69) is 10.0 Å². The van der Waals surface area contributed by atoms with Gasteiger partial charge in [-0.15, -0.1) is 0 Å². The second-order valence-corrected chi connectivity index (χ2v) is 7.22. The van der Waals surface area contributed by atoms with E-state index in [0.29, 0.717) is 19.0 Å². The van der Waals surface area contributed by atoms with Gasteiger partial charge in [-0.25, -0.2) is 13.1 Å². The van der Waals surface area contributed by atoms with Crippen LogP contribution in [0.4, 0.5) is 0 Å². The molecule has 2 rings (SSSR count). The number of nitrogens with one attached hydrogen (secondary N) is 2. The molecule has 0 radical (unpaired) electrons. The highest BCUT2D eigenvalue weighted by atomic mass is 32.2. The number of piperidine rings is 1. The van der Waals surface area contributed by atoms with Crippen molar-refractivity contribution in [2.75, 3.05) is 33.4 Å². The molecular weight excluding hydrogens is 304 g/mol. The Hall–Kier alpha value is -1.15. The van der Waals surface area contributed by atoms with Crippen LogP contribution < -0.4 is 14.8 Å². The van der Waals surface area contributed by atoms with Crippen LogP contribution in [-0.2, 0) is 14.8 Å². The number of hydrogen-bond acceptors (Lipinski definition) is 5. The fourth-order valence-corrected chi connectivity index (χ4v) is 3.79. The van der Waals surface area contributed by atoms with Crippen LogP contribution in [0.2, 0.25) is 0 Å². The second kappa shape index (κ2) is 7.92. The summed E-state index contributed by atoms with van der Waals surface area (Å²) in [4.78, 5) is 0.261. The van der Waals surface area contributed by atoms with E-state index in [-0.39, 0.29) is 16.9 Å². The Labute approximate surface area is 132 Å². The molecule has 22 heavy (non-hydrogen) atoms. The quantitative estimate of drug-likeness (QED) is 0.730. The average molecular weight is 328 g/mol. The Morgan fingerprint density at radius 1 is 1.27 bits per heavy atom. The Morgan fingerprint density at radius 3 is 2.64 bits per heavy atom. The molecule has 1 aromatic rings. The van der Waals surface area contributed by atoms with Gasteiger partial charge in [-0.2, -0.15) is 0 Å². The number of sulfonamides is 1. The van der Waals surface area contributed by atoms with E-state index in [1.807, 2.05) is 6.92 Å². The second-order valence-electron chi connectivity index (χ2n) is 5.51. The van der Waals surface area contributed by atoms with Crippen LogP contribution in [0, 0.1) is 5.92 Å². The van der Waals surface area contributed by atoms with E-state index >= 15 is 0 Å². The van der Waals surface area contributed by atoms with Gasteiger partial charge >= 0.3 is 0 Å². The highest BCUT2D eigenvalue weighted by Crippen LogP contribution is 2.18. The van der Waals surface area contributed by atoms with Crippen molar-refractivity contribution < 1.29 is 17.9 Å². The van der Waals surface area contributed by atoms with Crippen molar-refractivity contribution in [1.29, 1.82) is 0 Å². The minimum absolute atomic E-state index is 0.0242. The molecule has 2 N–H and O–H groups in total. The average Bonchev–Trinajstić information content (AvgIpc) is 2.50. The number of rotatable bonds is 7. The number of ether oxygens (including phenoxy) is 2. The third-order valence-electron chi connectivity index (χ3n) is 3.78. The zero-order valence-corrected chi connectivity index (χ0v) is 13.9. The molecule has 1 aliphatic rings. The normalized spacial score (nSPS) is 22.5. The molecule has 7 heteroatoms. The third-order valence-corrected chi connectivity index (χ3v) is 5.29. The van der Waals surface area contributed by atoms with Gasteiger partial charge in [0.1, 0.15) is 12.4 Å². The molecule has 1 aliphatic heterocycles. The SMILES string of the molecule is COCCOc1ccc(S(=O)(=O)NC2CCNCC2C)cc1. The summed E-state index contributed by atoms with van der Waals surface area (Å²) in [6.45, 7) is 4.65. The van der Waals surface area contributed by atoms with Crippen molar-refractivity contribution in [3.8, 4) is 5.75 Å². The summed E-state index contributed by atoms with van der Waals surface area (Å²) in [5, 5.41) is 3.26. The molecule has 0 aromatic heterocycles. The maximum Gasteiger partial charge on any atom is 0.240 e. The first kappa shape index (κ1) is 17.2. The summed E-state index contributed by atoms with van der Waals surface area (Å²) >= 11 is 0. The van der Waals surface area contributed by atoms with Crippen LogP contribution in [0.3, 0.4) is 0 Å². The van der Waals surface area contributed by atoms with E-state index in [1.54, 1.807) is 31.4 Å². The van der Waals surface area contributed by atoms with Gasteiger partial charge in [0.15, 0.2) is 0 Å². The maximum atomic E-state index is 12.4. The molecule has 2 unspecified atom stereocenters. The molecule has 124 valence electrons. The smallest absolute Gasteiger partial charge is 0.240 e. The summed E-state index contributed by atoms with van der Waals surface area (Å²) < 4.78 is 38.0. The van der Waals surface area contributed by atoms with Gasteiger partial charge in [0.05, 0.1) is 11.5 Å². The topological polar surface area (TPSA) is 76.7 Å². The van der Waals surface area contributed by atoms with E-state index in [0.717, 1.165) is 19.5 Å². The molecule has 2 atom stereocenters. The standard InChI is InChI=1S/C15H24N2O4S/c1-12-11-16-8-7-15(12)17-22(18,19)14-5-3-13(4-6-14)21-10-9-20-2/h3-6,12,15-17H,7-11H2,1-2H3. The minimum atomic E-state index is -3.49. The van der Waals surface area contributed by atoms with Crippen LogP contribution in [0.1, 0.15) is 13.3 Å². The predicted octanol–water partition coefficient (Wildman–Crippen LogP) is 0.988. The van der Waals surface area contributed by atoms with Crippen LogP contribution >= 0.6 is 0 Å². The highest BCUT2D eigenvalue weighted by Gasteiger charge is 2.26. The molecule has 1 heterocycles. The van der Waals surface area contributed by atoms with Crippen molar-refractivity contribution in [3.63, 3.8) is 0 Å². The van der Waals surface area contributed by atoms with E-state index in [9.17, 15) is 8.42 Å². The first-order valence-corrected chi connectivity index (χ1v) is 8.96. The molecule has 1 aromatic carbocycles. The molecule has 0 saturated carbocycles. The lowest BCUT2D eigenvalue weighted by molar-refractivity contribution is 0.146. The van der Waals surface area contributed by atoms with Gasteiger partial charge in [-0.3, -0.25) is 0 Å². The fraction of sp³-hybridized carbons (Fsp3) is 0.600. The van der Waals surface area contributed by atoms with Crippen molar-refractivity contribution in [2.24, 2.45) is 5.92 Å². The monoisotopic (exact) mass is 328 g/mol. The van der Waals surface area contributed by atoms with Gasteiger partial charge in [-0.05, 0) is 49.7 Å². The minimum Gasteiger partial charge on any atom is -0.491 e. The largest absolute Gasteiger partial charge is 0.491 e.